The number of phosphoric acid groups is 1. The van der Waals surface area contributed by atoms with Gasteiger partial charge in [0.05, 0.1) is 39.9 Å². The number of aliphatic hydroxyl groups is 1. The van der Waals surface area contributed by atoms with Gasteiger partial charge in [-0.05, 0) is 103 Å². The van der Waals surface area contributed by atoms with E-state index in [2.05, 4.69) is 129 Å². The van der Waals surface area contributed by atoms with Crippen molar-refractivity contribution >= 4 is 13.7 Å². The molecule has 0 bridgehead atoms. The summed E-state index contributed by atoms with van der Waals surface area (Å²) in [6.45, 7) is 4.51. The lowest BCUT2D eigenvalue weighted by molar-refractivity contribution is -0.870. The molecule has 0 radical (unpaired) electrons. The maximum atomic E-state index is 13.0. The molecule has 9 heteroatoms. The molecule has 80 heavy (non-hydrogen) atoms. The van der Waals surface area contributed by atoms with Crippen LogP contribution in [0.2, 0.25) is 0 Å². The van der Waals surface area contributed by atoms with Crippen molar-refractivity contribution in [3.63, 3.8) is 0 Å². The van der Waals surface area contributed by atoms with Crippen LogP contribution in [0, 0.1) is 0 Å². The Kier molecular flexibility index (Phi) is 58.1. The van der Waals surface area contributed by atoms with E-state index < -0.39 is 26.6 Å². The Morgan fingerprint density at radius 1 is 0.450 bits per heavy atom. The van der Waals surface area contributed by atoms with Crippen molar-refractivity contribution < 1.29 is 32.9 Å². The van der Waals surface area contributed by atoms with Crippen LogP contribution in [0.1, 0.15) is 271 Å². The first-order chi connectivity index (χ1) is 39.0. The van der Waals surface area contributed by atoms with Crippen molar-refractivity contribution in [2.45, 2.75) is 283 Å². The average molecular weight is 1130 g/mol. The maximum absolute atomic E-state index is 13.0. The van der Waals surface area contributed by atoms with Gasteiger partial charge < -0.3 is 28.8 Å². The molecule has 0 heterocycles. The number of amides is 1. The minimum absolute atomic E-state index is 0.0140. The second-order valence-corrected chi connectivity index (χ2v) is 24.5. The quantitative estimate of drug-likeness (QED) is 0.0272. The van der Waals surface area contributed by atoms with Gasteiger partial charge in [-0.25, -0.2) is 0 Å². The van der Waals surface area contributed by atoms with E-state index in [0.29, 0.717) is 17.4 Å². The largest absolute Gasteiger partial charge is 0.756 e. The number of hydrogen-bond donors (Lipinski definition) is 2. The topological polar surface area (TPSA) is 108 Å². The standard InChI is InChI=1S/C71H125N2O6P/c1-6-8-10-12-14-16-18-20-22-24-26-28-30-31-32-33-34-35-36-37-38-39-40-41-43-45-47-49-51-53-55-57-59-61-63-65-71(75)72-69(68-79-80(76,77)78-67-66-73(3,4)5)70(74)64-62-60-58-56-54-52-50-48-46-44-42-29-27-25-23-21-19-17-15-13-11-9-7-2/h8,10,14,16,20,22,26,28,31-32,34-35,37-38,46,48,54,56,62,64,69-70,74H,6-7,9,11-13,15,17-19,21,23-25,27,29-30,33,36,39-45,47,49-53,55,57-61,63,65-68H2,1-5H3,(H-,72,75,76,77)/b10-8-,16-14-,22-20-,28-26-,32-31-,35-34-,38-37-,48-46+,56-54+,64-62+. The molecule has 8 nitrogen and oxygen atoms in total. The molecular formula is C71H125N2O6P. The average Bonchev–Trinajstić information content (AvgIpc) is 3.42. The predicted octanol–water partition coefficient (Wildman–Crippen LogP) is 20.2. The zero-order chi connectivity index (χ0) is 58.4. The van der Waals surface area contributed by atoms with Gasteiger partial charge in [0.1, 0.15) is 13.2 Å². The van der Waals surface area contributed by atoms with Gasteiger partial charge >= 0.3 is 0 Å². The Labute approximate surface area is 494 Å². The maximum Gasteiger partial charge on any atom is 0.268 e. The van der Waals surface area contributed by atoms with E-state index in [0.717, 1.165) is 89.9 Å². The summed E-state index contributed by atoms with van der Waals surface area (Å²) >= 11 is 0. The number of carbonyl (C=O) groups is 1. The normalized spacial score (nSPS) is 14.5. The SMILES string of the molecule is CC/C=C\C/C=C\C/C=C\C/C=C\C/C=C\C/C=C\C/C=C\CCCCCCCCCCCCCCCC(=O)NC(COP(=O)([O-])OCC[N+](C)(C)C)C(O)/C=C/CC/C=C/CC/C=C/CCCCCCCCCCCCCCC. The molecule has 0 aliphatic carbocycles. The zero-order valence-corrected chi connectivity index (χ0v) is 53.4. The van der Waals surface area contributed by atoms with E-state index in [1.54, 1.807) is 6.08 Å². The van der Waals surface area contributed by atoms with E-state index >= 15 is 0 Å². The summed E-state index contributed by atoms with van der Waals surface area (Å²) in [6.07, 6.45) is 90.2. The molecule has 0 aromatic rings. The molecule has 0 aromatic heterocycles. The van der Waals surface area contributed by atoms with Gasteiger partial charge in [0.25, 0.3) is 7.82 Å². The van der Waals surface area contributed by atoms with Gasteiger partial charge in [0.2, 0.25) is 5.91 Å². The minimum atomic E-state index is -4.62. The summed E-state index contributed by atoms with van der Waals surface area (Å²) in [6, 6.07) is -0.919. The molecule has 0 saturated heterocycles. The van der Waals surface area contributed by atoms with Crippen LogP contribution in [0.25, 0.3) is 0 Å². The lowest BCUT2D eigenvalue weighted by atomic mass is 10.0. The molecule has 0 saturated carbocycles. The number of nitrogens with one attached hydrogen (secondary N) is 1. The molecule has 0 aromatic carbocycles. The van der Waals surface area contributed by atoms with Crippen LogP contribution in [0.5, 0.6) is 0 Å². The molecule has 0 fully saturated rings. The van der Waals surface area contributed by atoms with Crippen molar-refractivity contribution in [2.75, 3.05) is 40.9 Å². The van der Waals surface area contributed by atoms with Crippen molar-refractivity contribution in [2.24, 2.45) is 0 Å². The number of carbonyl (C=O) groups excluding carboxylic acids is 1. The Morgan fingerprint density at radius 2 is 0.775 bits per heavy atom. The van der Waals surface area contributed by atoms with E-state index in [9.17, 15) is 19.4 Å². The molecule has 0 spiro atoms. The first-order valence-corrected chi connectivity index (χ1v) is 34.4. The van der Waals surface area contributed by atoms with Crippen LogP contribution in [0.3, 0.4) is 0 Å². The smallest absolute Gasteiger partial charge is 0.268 e. The second-order valence-electron chi connectivity index (χ2n) is 23.1. The number of likely N-dealkylation sites (N-methyl/N-ethyl adjacent to an activating group) is 1. The third kappa shape index (κ3) is 62.5. The van der Waals surface area contributed by atoms with Crippen molar-refractivity contribution in [3.05, 3.63) is 122 Å². The minimum Gasteiger partial charge on any atom is -0.756 e. The molecule has 0 rings (SSSR count). The summed E-state index contributed by atoms with van der Waals surface area (Å²) < 4.78 is 23.4. The van der Waals surface area contributed by atoms with Crippen LogP contribution in [0.4, 0.5) is 0 Å². The van der Waals surface area contributed by atoms with Gasteiger partial charge in [0, 0.05) is 6.42 Å². The van der Waals surface area contributed by atoms with Crippen molar-refractivity contribution in [3.8, 4) is 0 Å². The number of quaternary nitrogens is 1. The number of rotatable bonds is 59. The van der Waals surface area contributed by atoms with E-state index in [4.69, 9.17) is 9.05 Å². The fraction of sp³-hybridized carbons (Fsp3) is 0.704. The Balaban J connectivity index is 4.18. The highest BCUT2D eigenvalue weighted by atomic mass is 31.2. The van der Waals surface area contributed by atoms with Crippen LogP contribution in [-0.2, 0) is 18.4 Å². The summed E-state index contributed by atoms with van der Waals surface area (Å²) in [7, 11) is 1.23. The lowest BCUT2D eigenvalue weighted by Gasteiger charge is -2.29. The van der Waals surface area contributed by atoms with Crippen LogP contribution >= 0.6 is 7.82 Å². The Hall–Kier alpha value is -3.10. The molecule has 3 atom stereocenters. The summed E-state index contributed by atoms with van der Waals surface area (Å²) in [5.41, 5.74) is 0. The summed E-state index contributed by atoms with van der Waals surface area (Å²) in [4.78, 5) is 25.6. The van der Waals surface area contributed by atoms with Crippen LogP contribution in [0.15, 0.2) is 122 Å². The molecule has 0 aliphatic rings. The Morgan fingerprint density at radius 3 is 1.16 bits per heavy atom. The predicted molar refractivity (Wildman–Crippen MR) is 348 cm³/mol. The van der Waals surface area contributed by atoms with Crippen LogP contribution in [-0.4, -0.2) is 68.5 Å². The first-order valence-electron chi connectivity index (χ1n) is 32.9. The number of unbranched alkanes of at least 4 members (excludes halogenated alkanes) is 28. The molecule has 0 aliphatic heterocycles. The number of nitrogens with zero attached hydrogens (tertiary/aromatic N) is 1. The third-order valence-electron chi connectivity index (χ3n) is 14.1. The third-order valence-corrected chi connectivity index (χ3v) is 15.1. The highest BCUT2D eigenvalue weighted by Gasteiger charge is 2.23. The van der Waals surface area contributed by atoms with Gasteiger partial charge in [-0.2, -0.15) is 0 Å². The van der Waals surface area contributed by atoms with E-state index in [1.807, 2.05) is 27.2 Å². The number of aliphatic hydroxyl groups excluding tert-OH is 1. The second kappa shape index (κ2) is 60.5. The molecule has 460 valence electrons. The highest BCUT2D eigenvalue weighted by Crippen LogP contribution is 2.38. The molecular weight excluding hydrogens is 1010 g/mol. The molecule has 2 N–H and O–H groups in total. The zero-order valence-electron chi connectivity index (χ0n) is 52.5. The monoisotopic (exact) mass is 1130 g/mol. The number of phosphoric ester groups is 1. The first kappa shape index (κ1) is 76.9. The summed E-state index contributed by atoms with van der Waals surface area (Å²) in [5, 5.41) is 13.9. The van der Waals surface area contributed by atoms with Gasteiger partial charge in [-0.15, -0.1) is 0 Å². The van der Waals surface area contributed by atoms with Crippen molar-refractivity contribution in [1.82, 2.24) is 5.32 Å². The molecule has 3 unspecified atom stereocenters. The van der Waals surface area contributed by atoms with E-state index in [-0.39, 0.29) is 12.5 Å². The van der Waals surface area contributed by atoms with Gasteiger partial charge in [-0.1, -0.05) is 283 Å². The number of allylic oxidation sites excluding steroid dienone is 19. The fourth-order valence-electron chi connectivity index (χ4n) is 9.05. The highest BCUT2D eigenvalue weighted by molar-refractivity contribution is 7.45. The van der Waals surface area contributed by atoms with Gasteiger partial charge in [0.15, 0.2) is 0 Å². The van der Waals surface area contributed by atoms with E-state index in [1.165, 1.54) is 161 Å². The molecule has 1 amide bonds. The fourth-order valence-corrected chi connectivity index (χ4v) is 9.77. The number of hydrogen-bond acceptors (Lipinski definition) is 6. The van der Waals surface area contributed by atoms with Crippen molar-refractivity contribution in [1.29, 1.82) is 0 Å². The summed E-state index contributed by atoms with van der Waals surface area (Å²) in [5.74, 6) is -0.215. The lowest BCUT2D eigenvalue weighted by Crippen LogP contribution is -2.45. The van der Waals surface area contributed by atoms with Gasteiger partial charge in [-0.3, -0.25) is 9.36 Å². The van der Waals surface area contributed by atoms with Crippen LogP contribution < -0.4 is 10.2 Å². The Bertz CT molecular complexity index is 1720.